The lowest BCUT2D eigenvalue weighted by molar-refractivity contribution is -0.280. The predicted octanol–water partition coefficient (Wildman–Crippen LogP) is 0.932. The molecule has 0 aromatic rings. The summed E-state index contributed by atoms with van der Waals surface area (Å²) in [5.41, 5.74) is -2.01. The Morgan fingerprint density at radius 2 is 1.50 bits per heavy atom. The molecule has 0 bridgehead atoms. The normalized spacial score (nSPS) is 54.0. The molecule has 5 rings (SSSR count). The van der Waals surface area contributed by atoms with Crippen LogP contribution >= 0.6 is 0 Å². The number of hydrogen-bond donors (Lipinski definition) is 8. The lowest BCUT2D eigenvalue weighted by Crippen LogP contribution is -2.70. The summed E-state index contributed by atoms with van der Waals surface area (Å²) in [6, 6.07) is 0. The maximum absolute atomic E-state index is 12.5. The van der Waals surface area contributed by atoms with E-state index < -0.39 is 66.0 Å². The van der Waals surface area contributed by atoms with E-state index in [1.165, 1.54) is 0 Å². The first-order valence-electron chi connectivity index (χ1n) is 16.4. The van der Waals surface area contributed by atoms with Gasteiger partial charge in [0.25, 0.3) is 0 Å². The first kappa shape index (κ1) is 33.0. The minimum Gasteiger partial charge on any atom is -0.393 e. The van der Waals surface area contributed by atoms with Gasteiger partial charge in [-0.2, -0.15) is 0 Å². The van der Waals surface area contributed by atoms with Gasteiger partial charge in [0.2, 0.25) is 0 Å². The molecule has 0 amide bonds. The highest BCUT2D eigenvalue weighted by Crippen LogP contribution is 2.69. The molecule has 4 saturated carbocycles. The second-order valence-electron chi connectivity index (χ2n) is 15.5. The smallest absolute Gasteiger partial charge is 0.186 e. The summed E-state index contributed by atoms with van der Waals surface area (Å²) in [6.07, 6.45) is -1.83. The van der Waals surface area contributed by atoms with Gasteiger partial charge in [-0.15, -0.1) is 0 Å². The SMILES string of the molecule is CC(CCC[C@@H](C)[C@H]1CC(O)[C@@H]2[C@]1(C)CC[C@H]1[C@@]2(O)CC(O)C2C(O)C(O)CC[C@@]21C)CO[C@@H]1OC[C@@H](O)[C@H](O)[C@H]1O. The minimum atomic E-state index is -1.29. The summed E-state index contributed by atoms with van der Waals surface area (Å²) in [7, 11) is 0. The van der Waals surface area contributed by atoms with Crippen molar-refractivity contribution in [1.82, 2.24) is 0 Å². The van der Waals surface area contributed by atoms with Crippen molar-refractivity contribution >= 4 is 0 Å². The second-order valence-corrected chi connectivity index (χ2v) is 15.5. The minimum absolute atomic E-state index is 0.0818. The number of ether oxygens (including phenoxy) is 2. The molecule has 10 nitrogen and oxygen atoms in total. The van der Waals surface area contributed by atoms with Crippen molar-refractivity contribution in [3.05, 3.63) is 0 Å². The molecule has 4 aliphatic carbocycles. The van der Waals surface area contributed by atoms with Gasteiger partial charge in [0.05, 0.1) is 43.2 Å². The third-order valence-electron chi connectivity index (χ3n) is 12.8. The molecule has 1 saturated heterocycles. The maximum atomic E-state index is 12.5. The fourth-order valence-corrected chi connectivity index (χ4v) is 10.8. The summed E-state index contributed by atoms with van der Waals surface area (Å²) >= 11 is 0. The highest BCUT2D eigenvalue weighted by Gasteiger charge is 2.71. The molecular formula is C32H56O10. The lowest BCUT2D eigenvalue weighted by Gasteiger charge is -2.66. The van der Waals surface area contributed by atoms with E-state index in [1.54, 1.807) is 0 Å². The van der Waals surface area contributed by atoms with Crippen LogP contribution in [-0.4, -0.2) is 109 Å². The summed E-state index contributed by atoms with van der Waals surface area (Å²) in [4.78, 5) is 0. The van der Waals surface area contributed by atoms with E-state index >= 15 is 0 Å². The molecule has 1 heterocycles. The zero-order chi connectivity index (χ0) is 30.8. The number of aliphatic hydroxyl groups is 8. The molecule has 0 aromatic carbocycles. The van der Waals surface area contributed by atoms with Crippen LogP contribution in [0.15, 0.2) is 0 Å². The number of aliphatic hydroxyl groups excluding tert-OH is 7. The predicted molar refractivity (Wildman–Crippen MR) is 153 cm³/mol. The van der Waals surface area contributed by atoms with Crippen LogP contribution in [0.5, 0.6) is 0 Å². The molecule has 244 valence electrons. The Morgan fingerprint density at radius 3 is 2.21 bits per heavy atom. The van der Waals surface area contributed by atoms with Crippen LogP contribution in [0.4, 0.5) is 0 Å². The molecule has 0 radical (unpaired) electrons. The average Bonchev–Trinajstić information content (AvgIpc) is 3.20. The number of fused-ring (bicyclic) bond motifs is 5. The number of rotatable bonds is 8. The summed E-state index contributed by atoms with van der Waals surface area (Å²) in [5, 5.41) is 86.1. The Bertz CT molecular complexity index is 937. The molecule has 0 spiro atoms. The van der Waals surface area contributed by atoms with Gasteiger partial charge < -0.3 is 50.3 Å². The summed E-state index contributed by atoms with van der Waals surface area (Å²) in [5.74, 6) is -0.234. The van der Waals surface area contributed by atoms with Crippen LogP contribution in [0, 0.1) is 46.3 Å². The van der Waals surface area contributed by atoms with Crippen molar-refractivity contribution in [2.75, 3.05) is 13.2 Å². The average molecular weight is 601 g/mol. The van der Waals surface area contributed by atoms with Crippen LogP contribution in [-0.2, 0) is 9.47 Å². The van der Waals surface area contributed by atoms with Gasteiger partial charge in [-0.3, -0.25) is 0 Å². The van der Waals surface area contributed by atoms with Crippen LogP contribution in [0.1, 0.15) is 85.5 Å². The summed E-state index contributed by atoms with van der Waals surface area (Å²) < 4.78 is 11.0. The van der Waals surface area contributed by atoms with Crippen LogP contribution in [0.3, 0.4) is 0 Å². The molecule has 17 atom stereocenters. The molecule has 5 fully saturated rings. The van der Waals surface area contributed by atoms with Gasteiger partial charge in [-0.1, -0.05) is 40.5 Å². The molecule has 5 aliphatic rings. The van der Waals surface area contributed by atoms with Gasteiger partial charge in [-0.05, 0) is 73.0 Å². The summed E-state index contributed by atoms with van der Waals surface area (Å²) in [6.45, 7) is 8.88. The fraction of sp³-hybridized carbons (Fsp3) is 1.00. The maximum Gasteiger partial charge on any atom is 0.186 e. The second kappa shape index (κ2) is 12.1. The fourth-order valence-electron chi connectivity index (χ4n) is 10.8. The molecule has 8 N–H and O–H groups in total. The molecular weight excluding hydrogens is 544 g/mol. The van der Waals surface area contributed by atoms with E-state index in [9.17, 15) is 40.9 Å². The van der Waals surface area contributed by atoms with Gasteiger partial charge in [-0.25, -0.2) is 0 Å². The van der Waals surface area contributed by atoms with E-state index in [0.717, 1.165) is 32.1 Å². The van der Waals surface area contributed by atoms with Crippen molar-refractivity contribution in [3.8, 4) is 0 Å². The van der Waals surface area contributed by atoms with Crippen molar-refractivity contribution in [3.63, 3.8) is 0 Å². The van der Waals surface area contributed by atoms with Crippen LogP contribution < -0.4 is 0 Å². The first-order chi connectivity index (χ1) is 19.6. The largest absolute Gasteiger partial charge is 0.393 e. The van der Waals surface area contributed by atoms with Gasteiger partial charge in [0.1, 0.15) is 18.3 Å². The monoisotopic (exact) mass is 600 g/mol. The Hall–Kier alpha value is -0.400. The van der Waals surface area contributed by atoms with Gasteiger partial charge in [0, 0.05) is 18.3 Å². The van der Waals surface area contributed by atoms with Crippen LogP contribution in [0.25, 0.3) is 0 Å². The van der Waals surface area contributed by atoms with E-state index in [2.05, 4.69) is 27.7 Å². The topological polar surface area (TPSA) is 180 Å². The molecule has 0 aromatic heterocycles. The zero-order valence-corrected chi connectivity index (χ0v) is 25.8. The van der Waals surface area contributed by atoms with E-state index in [1.807, 2.05) is 0 Å². The lowest BCUT2D eigenvalue weighted by atomic mass is 9.41. The van der Waals surface area contributed by atoms with Crippen molar-refractivity contribution < 1.29 is 50.3 Å². The highest BCUT2D eigenvalue weighted by atomic mass is 16.7. The van der Waals surface area contributed by atoms with E-state index in [-0.39, 0.29) is 42.1 Å². The first-order valence-corrected chi connectivity index (χ1v) is 16.4. The van der Waals surface area contributed by atoms with Crippen molar-refractivity contribution in [2.45, 2.75) is 140 Å². The Balaban J connectivity index is 1.19. The van der Waals surface area contributed by atoms with Gasteiger partial charge >= 0.3 is 0 Å². The zero-order valence-electron chi connectivity index (χ0n) is 25.8. The molecule has 42 heavy (non-hydrogen) atoms. The Kier molecular flexibility index (Phi) is 9.48. The van der Waals surface area contributed by atoms with Crippen molar-refractivity contribution in [2.24, 2.45) is 46.3 Å². The quantitative estimate of drug-likeness (QED) is 0.200. The van der Waals surface area contributed by atoms with E-state index in [0.29, 0.717) is 31.8 Å². The van der Waals surface area contributed by atoms with Crippen molar-refractivity contribution in [1.29, 1.82) is 0 Å². The third kappa shape index (κ3) is 5.39. The highest BCUT2D eigenvalue weighted by molar-refractivity contribution is 5.20. The Morgan fingerprint density at radius 1 is 0.810 bits per heavy atom. The van der Waals surface area contributed by atoms with Crippen LogP contribution in [0.2, 0.25) is 0 Å². The molecule has 10 heteroatoms. The standard InChI is InChI=1S/C32H56O10/c1-16(14-41-29-27(39)26(38)22(36)15-42-29)6-5-7-17(2)18-12-20(34)28-30(18,3)11-9-23-31(4)10-8-19(33)25(37)24(31)21(35)13-32(23,28)40/h16-29,33-40H,5-15H2,1-4H3/t16?,17-,18-,19?,20?,21?,22-,23-,24?,25?,26+,27-,28-,29-,30-,31-,32+/m1/s1. The molecule has 1 aliphatic heterocycles. The van der Waals surface area contributed by atoms with E-state index in [4.69, 9.17) is 9.47 Å². The van der Waals surface area contributed by atoms with Gasteiger partial charge in [0.15, 0.2) is 6.29 Å². The Labute approximate surface area is 250 Å². The molecule has 6 unspecified atom stereocenters. The third-order valence-corrected chi connectivity index (χ3v) is 12.8. The number of hydrogen-bond acceptors (Lipinski definition) is 10.